The summed E-state index contributed by atoms with van der Waals surface area (Å²) in [5, 5.41) is 12.7. The third kappa shape index (κ3) is 3.39. The molecule has 21 heavy (non-hydrogen) atoms. The van der Waals surface area contributed by atoms with Crippen LogP contribution in [0, 0.1) is 12.3 Å². The number of benzene rings is 1. The van der Waals surface area contributed by atoms with Crippen LogP contribution in [0.1, 0.15) is 24.5 Å². The van der Waals surface area contributed by atoms with E-state index in [9.17, 15) is 5.11 Å². The monoisotopic (exact) mass is 290 g/mol. The molecule has 0 spiro atoms. The molecule has 2 heterocycles. The number of hydrogen-bond donors (Lipinski definition) is 2. The highest BCUT2D eigenvalue weighted by Gasteiger charge is 2.33. The Morgan fingerprint density at radius 1 is 1.43 bits per heavy atom. The SMILES string of the molecule is Cc1cc(OC2CNC2)ccc1CN1CCC(C)(CO)C1. The number of aliphatic hydroxyl groups excluding tert-OH is 1. The molecule has 4 nitrogen and oxygen atoms in total. The molecule has 0 saturated carbocycles. The van der Waals surface area contributed by atoms with Crippen LogP contribution in [-0.4, -0.2) is 48.9 Å². The van der Waals surface area contributed by atoms with E-state index in [1.807, 2.05) is 0 Å². The van der Waals surface area contributed by atoms with Crippen molar-refractivity contribution in [2.75, 3.05) is 32.8 Å². The van der Waals surface area contributed by atoms with Gasteiger partial charge >= 0.3 is 0 Å². The van der Waals surface area contributed by atoms with Crippen LogP contribution in [0.2, 0.25) is 0 Å². The highest BCUT2D eigenvalue weighted by molar-refractivity contribution is 5.35. The van der Waals surface area contributed by atoms with Gasteiger partial charge in [0, 0.05) is 38.2 Å². The van der Waals surface area contributed by atoms with Gasteiger partial charge in [0.2, 0.25) is 0 Å². The van der Waals surface area contributed by atoms with Crippen LogP contribution in [-0.2, 0) is 6.54 Å². The third-order valence-corrected chi connectivity index (χ3v) is 4.77. The van der Waals surface area contributed by atoms with Gasteiger partial charge in [0.1, 0.15) is 11.9 Å². The summed E-state index contributed by atoms with van der Waals surface area (Å²) in [6.07, 6.45) is 1.41. The van der Waals surface area contributed by atoms with Crippen LogP contribution in [0.4, 0.5) is 0 Å². The minimum absolute atomic E-state index is 0.0776. The van der Waals surface area contributed by atoms with Gasteiger partial charge < -0.3 is 15.2 Å². The van der Waals surface area contributed by atoms with Gasteiger partial charge in [-0.1, -0.05) is 13.0 Å². The lowest BCUT2D eigenvalue weighted by atomic mass is 9.91. The van der Waals surface area contributed by atoms with E-state index in [0.29, 0.717) is 6.10 Å². The largest absolute Gasteiger partial charge is 0.488 e. The summed E-state index contributed by atoms with van der Waals surface area (Å²) in [5.74, 6) is 0.976. The molecule has 4 heteroatoms. The average Bonchev–Trinajstić information content (AvgIpc) is 2.79. The molecule has 3 rings (SSSR count). The Bertz CT molecular complexity index is 502. The van der Waals surface area contributed by atoms with Crippen molar-refractivity contribution in [2.45, 2.75) is 32.9 Å². The summed E-state index contributed by atoms with van der Waals surface area (Å²) in [6, 6.07) is 6.42. The second-order valence-corrected chi connectivity index (χ2v) is 6.92. The van der Waals surface area contributed by atoms with Crippen LogP contribution in [0.25, 0.3) is 0 Å². The van der Waals surface area contributed by atoms with Crippen molar-refractivity contribution in [2.24, 2.45) is 5.41 Å². The van der Waals surface area contributed by atoms with Crippen LogP contribution >= 0.6 is 0 Å². The van der Waals surface area contributed by atoms with Gasteiger partial charge in [-0.3, -0.25) is 4.90 Å². The maximum Gasteiger partial charge on any atom is 0.123 e. The molecule has 0 aromatic heterocycles. The van der Waals surface area contributed by atoms with E-state index in [1.165, 1.54) is 11.1 Å². The van der Waals surface area contributed by atoms with E-state index in [-0.39, 0.29) is 12.0 Å². The fraction of sp³-hybridized carbons (Fsp3) is 0.647. The third-order valence-electron chi connectivity index (χ3n) is 4.77. The molecule has 0 radical (unpaired) electrons. The molecule has 2 N–H and O–H groups in total. The van der Waals surface area contributed by atoms with Crippen LogP contribution in [0.5, 0.6) is 5.75 Å². The Hall–Kier alpha value is -1.10. The summed E-state index contributed by atoms with van der Waals surface area (Å²) in [6.45, 7) is 9.53. The van der Waals surface area contributed by atoms with Crippen molar-refractivity contribution >= 4 is 0 Å². The molecule has 2 fully saturated rings. The molecule has 1 aromatic rings. The number of rotatable bonds is 5. The van der Waals surface area contributed by atoms with E-state index >= 15 is 0 Å². The molecule has 2 saturated heterocycles. The lowest BCUT2D eigenvalue weighted by molar-refractivity contribution is 0.141. The Balaban J connectivity index is 1.60. The normalized spacial score (nSPS) is 26.8. The smallest absolute Gasteiger partial charge is 0.123 e. The number of aryl methyl sites for hydroxylation is 1. The Kier molecular flexibility index (Phi) is 4.20. The van der Waals surface area contributed by atoms with Gasteiger partial charge in [0.25, 0.3) is 0 Å². The zero-order valence-electron chi connectivity index (χ0n) is 13.1. The molecule has 1 atom stereocenters. The maximum absolute atomic E-state index is 9.46. The van der Waals surface area contributed by atoms with Crippen LogP contribution in [0.3, 0.4) is 0 Å². The minimum atomic E-state index is 0.0776. The van der Waals surface area contributed by atoms with Crippen molar-refractivity contribution in [3.05, 3.63) is 29.3 Å². The van der Waals surface area contributed by atoms with E-state index in [1.54, 1.807) is 0 Å². The lowest BCUT2D eigenvalue weighted by Gasteiger charge is -2.28. The van der Waals surface area contributed by atoms with Crippen LogP contribution in [0.15, 0.2) is 18.2 Å². The minimum Gasteiger partial charge on any atom is -0.488 e. The standard InChI is InChI=1S/C17H26N2O2/c1-13-7-15(21-16-8-18-9-16)4-3-14(13)10-19-6-5-17(2,11-19)12-20/h3-4,7,16,18,20H,5-6,8-12H2,1-2H3. The molecule has 0 bridgehead atoms. The predicted octanol–water partition coefficient (Wildman–Crippen LogP) is 1.55. The van der Waals surface area contributed by atoms with Gasteiger partial charge in [0.15, 0.2) is 0 Å². The summed E-state index contributed by atoms with van der Waals surface area (Å²) < 4.78 is 5.90. The topological polar surface area (TPSA) is 44.7 Å². The maximum atomic E-state index is 9.46. The highest BCUT2D eigenvalue weighted by atomic mass is 16.5. The summed E-state index contributed by atoms with van der Waals surface area (Å²) in [7, 11) is 0. The molecular formula is C17H26N2O2. The second kappa shape index (κ2) is 5.95. The van der Waals surface area contributed by atoms with Crippen molar-refractivity contribution in [1.29, 1.82) is 0 Å². The zero-order valence-corrected chi connectivity index (χ0v) is 13.1. The number of aliphatic hydroxyl groups is 1. The number of nitrogens with zero attached hydrogens (tertiary/aromatic N) is 1. The van der Waals surface area contributed by atoms with Gasteiger partial charge in [-0.15, -0.1) is 0 Å². The number of ether oxygens (including phenoxy) is 1. The highest BCUT2D eigenvalue weighted by Crippen LogP contribution is 2.31. The Morgan fingerprint density at radius 3 is 2.81 bits per heavy atom. The summed E-state index contributed by atoms with van der Waals surface area (Å²) in [5.41, 5.74) is 2.72. The molecule has 1 aromatic carbocycles. The summed E-state index contributed by atoms with van der Waals surface area (Å²) in [4.78, 5) is 2.44. The molecule has 2 aliphatic heterocycles. The molecular weight excluding hydrogens is 264 g/mol. The van der Waals surface area contributed by atoms with E-state index in [2.05, 4.69) is 42.3 Å². The second-order valence-electron chi connectivity index (χ2n) is 6.92. The fourth-order valence-corrected chi connectivity index (χ4v) is 3.09. The van der Waals surface area contributed by atoms with Crippen molar-refractivity contribution in [1.82, 2.24) is 10.2 Å². The van der Waals surface area contributed by atoms with Gasteiger partial charge in [-0.2, -0.15) is 0 Å². The van der Waals surface area contributed by atoms with Gasteiger partial charge in [0.05, 0.1) is 0 Å². The van der Waals surface area contributed by atoms with Crippen molar-refractivity contribution in [3.63, 3.8) is 0 Å². The number of hydrogen-bond acceptors (Lipinski definition) is 4. The van der Waals surface area contributed by atoms with Gasteiger partial charge in [-0.25, -0.2) is 0 Å². The summed E-state index contributed by atoms with van der Waals surface area (Å²) >= 11 is 0. The molecule has 116 valence electrons. The first-order valence-electron chi connectivity index (χ1n) is 7.88. The zero-order chi connectivity index (χ0) is 14.9. The Labute approximate surface area is 127 Å². The van der Waals surface area contributed by atoms with E-state index < -0.39 is 0 Å². The van der Waals surface area contributed by atoms with Crippen LogP contribution < -0.4 is 10.1 Å². The first-order chi connectivity index (χ1) is 10.1. The van der Waals surface area contributed by atoms with Crippen molar-refractivity contribution < 1.29 is 9.84 Å². The lowest BCUT2D eigenvalue weighted by Crippen LogP contribution is -2.50. The van der Waals surface area contributed by atoms with E-state index in [0.717, 1.165) is 44.9 Å². The molecule has 2 aliphatic rings. The van der Waals surface area contributed by atoms with Crippen molar-refractivity contribution in [3.8, 4) is 5.75 Å². The quantitative estimate of drug-likeness (QED) is 0.863. The predicted molar refractivity (Wildman–Crippen MR) is 83.6 cm³/mol. The first kappa shape index (κ1) is 14.8. The molecule has 1 unspecified atom stereocenters. The van der Waals surface area contributed by atoms with Gasteiger partial charge in [-0.05, 0) is 43.1 Å². The number of nitrogens with one attached hydrogen (secondary N) is 1. The average molecular weight is 290 g/mol. The fourth-order valence-electron chi connectivity index (χ4n) is 3.09. The molecule has 0 aliphatic carbocycles. The van der Waals surface area contributed by atoms with E-state index in [4.69, 9.17) is 4.74 Å². The molecule has 0 amide bonds. The Morgan fingerprint density at radius 2 is 2.24 bits per heavy atom. The number of likely N-dealkylation sites (tertiary alicyclic amines) is 1. The first-order valence-corrected chi connectivity index (χ1v) is 7.88.